The minimum atomic E-state index is -0.188. The highest BCUT2D eigenvalue weighted by Crippen LogP contribution is 2.43. The lowest BCUT2D eigenvalue weighted by atomic mass is 10.1. The lowest BCUT2D eigenvalue weighted by Gasteiger charge is -2.15. The maximum Gasteiger partial charge on any atom is 0.271 e. The second-order valence-corrected chi connectivity index (χ2v) is 9.63. The number of hydrogen-bond acceptors (Lipinski definition) is 8. The van der Waals surface area contributed by atoms with Gasteiger partial charge in [-0.25, -0.2) is 4.98 Å². The number of anilines is 1. The van der Waals surface area contributed by atoms with Gasteiger partial charge in [0.1, 0.15) is 0 Å². The van der Waals surface area contributed by atoms with Crippen molar-refractivity contribution < 1.29 is 19.0 Å². The molecule has 0 bridgehead atoms. The predicted molar refractivity (Wildman–Crippen MR) is 150 cm³/mol. The number of thiazole rings is 1. The van der Waals surface area contributed by atoms with E-state index in [1.165, 1.54) is 23.1 Å². The molecular formula is C28H23N3O4S2. The fourth-order valence-electron chi connectivity index (χ4n) is 3.87. The van der Waals surface area contributed by atoms with E-state index in [0.717, 1.165) is 16.9 Å². The summed E-state index contributed by atoms with van der Waals surface area (Å²) < 4.78 is 16.5. The van der Waals surface area contributed by atoms with Gasteiger partial charge in [-0.2, -0.15) is 4.99 Å². The second kappa shape index (κ2) is 10.9. The molecule has 0 atom stereocenters. The molecule has 0 N–H and O–H groups in total. The van der Waals surface area contributed by atoms with Crippen LogP contribution >= 0.6 is 23.1 Å². The van der Waals surface area contributed by atoms with E-state index >= 15 is 0 Å². The number of benzene rings is 3. The molecule has 0 saturated carbocycles. The Hall–Kier alpha value is -4.08. The van der Waals surface area contributed by atoms with E-state index in [-0.39, 0.29) is 5.91 Å². The monoisotopic (exact) mass is 529 g/mol. The predicted octanol–water partition coefficient (Wildman–Crippen LogP) is 6.64. The Bertz CT molecular complexity index is 1480. The van der Waals surface area contributed by atoms with Crippen LogP contribution in [0.25, 0.3) is 17.3 Å². The van der Waals surface area contributed by atoms with Crippen LogP contribution < -0.4 is 19.1 Å². The minimum Gasteiger partial charge on any atom is -0.493 e. The van der Waals surface area contributed by atoms with Crippen molar-refractivity contribution in [2.45, 2.75) is 0 Å². The number of rotatable bonds is 7. The third-order valence-corrected chi connectivity index (χ3v) is 7.30. The molecule has 1 amide bonds. The first-order valence-corrected chi connectivity index (χ1v) is 13.0. The molecular weight excluding hydrogens is 506 g/mol. The van der Waals surface area contributed by atoms with Crippen molar-refractivity contribution in [2.75, 3.05) is 26.2 Å². The fourth-order valence-corrected chi connectivity index (χ4v) is 5.60. The first kappa shape index (κ1) is 24.6. The summed E-state index contributed by atoms with van der Waals surface area (Å²) in [6.45, 7) is 0. The number of amides is 1. The first-order valence-electron chi connectivity index (χ1n) is 11.3. The SMILES string of the molecule is COc1ccc(/C=C2\S/C(=N/c3nc(-c4ccccc4)cs3)N(c3ccccc3)C2=O)c(OC)c1OC. The van der Waals surface area contributed by atoms with E-state index in [2.05, 4.69) is 4.98 Å². The molecule has 9 heteroatoms. The van der Waals surface area contributed by atoms with Crippen molar-refractivity contribution in [3.05, 3.63) is 88.6 Å². The number of hydrogen-bond donors (Lipinski definition) is 0. The summed E-state index contributed by atoms with van der Waals surface area (Å²) in [6.07, 6.45) is 1.78. The van der Waals surface area contributed by atoms with E-state index in [1.807, 2.05) is 72.1 Å². The minimum absolute atomic E-state index is 0.188. The van der Waals surface area contributed by atoms with E-state index in [1.54, 1.807) is 38.4 Å². The average Bonchev–Trinajstić information content (AvgIpc) is 3.53. The third-order valence-electron chi connectivity index (χ3n) is 5.59. The molecule has 186 valence electrons. The van der Waals surface area contributed by atoms with Crippen LogP contribution in [0.2, 0.25) is 0 Å². The summed E-state index contributed by atoms with van der Waals surface area (Å²) in [7, 11) is 4.67. The maximum absolute atomic E-state index is 13.7. The number of aliphatic imine (C=N–C) groups is 1. The average molecular weight is 530 g/mol. The number of para-hydroxylation sites is 1. The summed E-state index contributed by atoms with van der Waals surface area (Å²) >= 11 is 2.72. The fraction of sp³-hybridized carbons (Fsp3) is 0.107. The Balaban J connectivity index is 1.56. The Morgan fingerprint density at radius 1 is 0.865 bits per heavy atom. The molecule has 1 fully saturated rings. The molecule has 1 aromatic heterocycles. The molecule has 3 aromatic carbocycles. The van der Waals surface area contributed by atoms with Gasteiger partial charge in [-0.3, -0.25) is 9.69 Å². The standard InChI is InChI=1S/C28H23N3O4S2/c1-33-22-15-14-19(24(34-2)25(22)35-3)16-23-26(32)31(20-12-8-5-9-13-20)28(37-23)30-27-29-21(17-36-27)18-10-6-4-7-11-18/h4-17H,1-3H3/b23-16-,30-28+. The Kier molecular flexibility index (Phi) is 7.25. The van der Waals surface area contributed by atoms with E-state index < -0.39 is 0 Å². The highest BCUT2D eigenvalue weighted by atomic mass is 32.2. The van der Waals surface area contributed by atoms with Gasteiger partial charge >= 0.3 is 0 Å². The van der Waals surface area contributed by atoms with Crippen LogP contribution in [0.15, 0.2) is 88.1 Å². The molecule has 5 rings (SSSR count). The van der Waals surface area contributed by atoms with E-state index in [9.17, 15) is 4.79 Å². The van der Waals surface area contributed by atoms with Gasteiger partial charge in [-0.15, -0.1) is 11.3 Å². The number of methoxy groups -OCH3 is 3. The number of carbonyl (C=O) groups is 1. The topological polar surface area (TPSA) is 73.3 Å². The van der Waals surface area contributed by atoms with Gasteiger partial charge in [0.25, 0.3) is 5.91 Å². The maximum atomic E-state index is 13.7. The Labute approximate surface area is 223 Å². The van der Waals surface area contributed by atoms with Crippen molar-refractivity contribution in [1.82, 2.24) is 4.98 Å². The number of aromatic nitrogens is 1. The highest BCUT2D eigenvalue weighted by molar-refractivity contribution is 8.19. The zero-order valence-electron chi connectivity index (χ0n) is 20.4. The summed E-state index contributed by atoms with van der Waals surface area (Å²) in [6, 6.07) is 23.0. The van der Waals surface area contributed by atoms with Crippen LogP contribution in [0.1, 0.15) is 5.56 Å². The smallest absolute Gasteiger partial charge is 0.271 e. The van der Waals surface area contributed by atoms with E-state index in [0.29, 0.717) is 38.0 Å². The molecule has 0 radical (unpaired) electrons. The number of amidine groups is 1. The van der Waals surface area contributed by atoms with Crippen molar-refractivity contribution in [3.8, 4) is 28.5 Å². The summed E-state index contributed by atoms with van der Waals surface area (Å²) in [5.74, 6) is 1.29. The van der Waals surface area contributed by atoms with Crippen molar-refractivity contribution in [1.29, 1.82) is 0 Å². The molecule has 0 unspecified atom stereocenters. The number of ether oxygens (including phenoxy) is 3. The van der Waals surface area contributed by atoms with Gasteiger partial charge < -0.3 is 14.2 Å². The zero-order chi connectivity index (χ0) is 25.8. The van der Waals surface area contributed by atoms with Gasteiger partial charge in [0.15, 0.2) is 16.7 Å². The van der Waals surface area contributed by atoms with Crippen molar-refractivity contribution >= 4 is 51.1 Å². The van der Waals surface area contributed by atoms with Gasteiger partial charge in [0.2, 0.25) is 10.9 Å². The van der Waals surface area contributed by atoms with Crippen molar-refractivity contribution in [3.63, 3.8) is 0 Å². The molecule has 0 aliphatic carbocycles. The second-order valence-electron chi connectivity index (χ2n) is 7.79. The highest BCUT2D eigenvalue weighted by Gasteiger charge is 2.35. The quantitative estimate of drug-likeness (QED) is 0.250. The number of carbonyl (C=O) groups excluding carboxylic acids is 1. The normalized spacial score (nSPS) is 15.4. The van der Waals surface area contributed by atoms with Crippen LogP contribution in [0.3, 0.4) is 0 Å². The van der Waals surface area contributed by atoms with Gasteiger partial charge in [-0.1, -0.05) is 48.5 Å². The lowest BCUT2D eigenvalue weighted by Crippen LogP contribution is -2.28. The Morgan fingerprint density at radius 3 is 2.24 bits per heavy atom. The molecule has 1 aliphatic rings. The largest absolute Gasteiger partial charge is 0.493 e. The van der Waals surface area contributed by atoms with Crippen LogP contribution in [-0.4, -0.2) is 37.4 Å². The molecule has 7 nitrogen and oxygen atoms in total. The summed E-state index contributed by atoms with van der Waals surface area (Å²) in [5.41, 5.74) is 3.27. The van der Waals surface area contributed by atoms with Crippen LogP contribution in [0, 0.1) is 0 Å². The lowest BCUT2D eigenvalue weighted by molar-refractivity contribution is -0.113. The molecule has 0 spiro atoms. The van der Waals surface area contributed by atoms with Gasteiger partial charge in [0, 0.05) is 16.5 Å². The number of nitrogens with zero attached hydrogens (tertiary/aromatic N) is 3. The first-order chi connectivity index (χ1) is 18.1. The van der Waals surface area contributed by atoms with Crippen LogP contribution in [0.4, 0.5) is 10.8 Å². The Morgan fingerprint density at radius 2 is 1.57 bits per heavy atom. The van der Waals surface area contributed by atoms with Gasteiger partial charge in [-0.05, 0) is 42.1 Å². The zero-order valence-corrected chi connectivity index (χ0v) is 22.0. The van der Waals surface area contributed by atoms with Crippen molar-refractivity contribution in [2.24, 2.45) is 4.99 Å². The molecule has 4 aromatic rings. The molecule has 1 aliphatic heterocycles. The van der Waals surface area contributed by atoms with Crippen LogP contribution in [0.5, 0.6) is 17.2 Å². The summed E-state index contributed by atoms with van der Waals surface area (Å²) in [4.78, 5) is 25.2. The molecule has 1 saturated heterocycles. The third kappa shape index (κ3) is 4.96. The van der Waals surface area contributed by atoms with Crippen LogP contribution in [-0.2, 0) is 4.79 Å². The summed E-state index contributed by atoms with van der Waals surface area (Å²) in [5, 5.41) is 3.06. The molecule has 2 heterocycles. The van der Waals surface area contributed by atoms with Gasteiger partial charge in [0.05, 0.1) is 37.6 Å². The van der Waals surface area contributed by atoms with E-state index in [4.69, 9.17) is 19.2 Å². The number of thioether (sulfide) groups is 1. The molecule has 37 heavy (non-hydrogen) atoms.